The van der Waals surface area contributed by atoms with Crippen molar-refractivity contribution in [2.24, 2.45) is 29.1 Å². The number of allylic oxidation sites excluding steroid dienone is 1. The van der Waals surface area contributed by atoms with Gasteiger partial charge in [0.15, 0.2) is 5.78 Å². The number of carbonyl (C=O) groups is 1. The summed E-state index contributed by atoms with van der Waals surface area (Å²) >= 11 is 0. The fourth-order valence-electron chi connectivity index (χ4n) is 6.17. The van der Waals surface area contributed by atoms with E-state index in [1.807, 2.05) is 6.08 Å². The van der Waals surface area contributed by atoms with Crippen molar-refractivity contribution >= 4 is 5.78 Å². The molecule has 0 aliphatic heterocycles. The third kappa shape index (κ3) is 1.76. The lowest BCUT2D eigenvalue weighted by Crippen LogP contribution is -2.44. The predicted molar refractivity (Wildman–Crippen MR) is 76.7 cm³/mol. The maximum absolute atomic E-state index is 11.6. The highest BCUT2D eigenvalue weighted by Gasteiger charge is 2.52. The summed E-state index contributed by atoms with van der Waals surface area (Å²) < 4.78 is 0. The van der Waals surface area contributed by atoms with Crippen molar-refractivity contribution in [3.8, 4) is 0 Å². The molecule has 19 heavy (non-hydrogen) atoms. The molecule has 0 spiro atoms. The summed E-state index contributed by atoms with van der Waals surface area (Å²) in [6.45, 7) is 2.57. The Labute approximate surface area is 116 Å². The molecule has 4 aliphatic rings. The molecule has 0 N–H and O–H groups in total. The van der Waals surface area contributed by atoms with Crippen LogP contribution in [0.4, 0.5) is 0 Å². The van der Waals surface area contributed by atoms with Crippen LogP contribution in [0, 0.1) is 29.1 Å². The van der Waals surface area contributed by atoms with Crippen LogP contribution < -0.4 is 0 Å². The van der Waals surface area contributed by atoms with E-state index in [0.717, 1.165) is 36.5 Å². The minimum atomic E-state index is 0.395. The van der Waals surface area contributed by atoms with Gasteiger partial charge in [-0.05, 0) is 80.1 Å². The van der Waals surface area contributed by atoms with Crippen LogP contribution >= 0.6 is 0 Å². The van der Waals surface area contributed by atoms with Gasteiger partial charge in [-0.15, -0.1) is 0 Å². The lowest BCUT2D eigenvalue weighted by Gasteiger charge is -2.52. The molecule has 0 aromatic heterocycles. The maximum atomic E-state index is 11.6. The molecule has 0 unspecified atom stereocenters. The van der Waals surface area contributed by atoms with Gasteiger partial charge in [0.05, 0.1) is 0 Å². The standard InChI is InChI=1S/C18H26O/c1-18-9-2-3-17(18)16-6-4-12-11-13(19)5-7-14(12)15(16)8-10-18/h11,14-17H,2-10H2,1H3/t14-,15-,16+,17+,18+/m0/s1. The largest absolute Gasteiger partial charge is 0.295 e. The average Bonchev–Trinajstić information content (AvgIpc) is 2.79. The van der Waals surface area contributed by atoms with Crippen molar-refractivity contribution in [2.75, 3.05) is 0 Å². The molecule has 3 saturated carbocycles. The van der Waals surface area contributed by atoms with E-state index in [4.69, 9.17) is 0 Å². The van der Waals surface area contributed by atoms with Gasteiger partial charge in [-0.3, -0.25) is 4.79 Å². The van der Waals surface area contributed by atoms with E-state index in [9.17, 15) is 4.79 Å². The van der Waals surface area contributed by atoms with Crippen LogP contribution in [0.1, 0.15) is 64.7 Å². The molecule has 4 aliphatic carbocycles. The number of carbonyl (C=O) groups excluding carboxylic acids is 1. The van der Waals surface area contributed by atoms with Crippen LogP contribution in [-0.2, 0) is 4.79 Å². The molecule has 1 heteroatoms. The molecule has 4 rings (SSSR count). The van der Waals surface area contributed by atoms with Crippen LogP contribution in [-0.4, -0.2) is 5.78 Å². The van der Waals surface area contributed by atoms with Gasteiger partial charge in [0.2, 0.25) is 0 Å². The molecular formula is C18H26O. The third-order valence-electron chi connectivity index (χ3n) is 7.08. The molecule has 0 amide bonds. The number of fused-ring (bicyclic) bond motifs is 5. The van der Waals surface area contributed by atoms with Gasteiger partial charge < -0.3 is 0 Å². The van der Waals surface area contributed by atoms with E-state index in [1.54, 1.807) is 0 Å². The first-order valence-corrected chi connectivity index (χ1v) is 8.41. The van der Waals surface area contributed by atoms with Gasteiger partial charge in [-0.2, -0.15) is 0 Å². The van der Waals surface area contributed by atoms with E-state index >= 15 is 0 Å². The Morgan fingerprint density at radius 3 is 2.84 bits per heavy atom. The molecule has 0 bridgehead atoms. The smallest absolute Gasteiger partial charge is 0.155 e. The topological polar surface area (TPSA) is 17.1 Å². The van der Waals surface area contributed by atoms with Crippen molar-refractivity contribution in [3.63, 3.8) is 0 Å². The lowest BCUT2D eigenvalue weighted by atomic mass is 9.52. The van der Waals surface area contributed by atoms with Gasteiger partial charge in [0, 0.05) is 6.42 Å². The third-order valence-corrected chi connectivity index (χ3v) is 7.08. The fourth-order valence-corrected chi connectivity index (χ4v) is 6.17. The summed E-state index contributed by atoms with van der Waals surface area (Å²) in [5.41, 5.74) is 2.20. The van der Waals surface area contributed by atoms with E-state index < -0.39 is 0 Å². The van der Waals surface area contributed by atoms with Gasteiger partial charge in [-0.25, -0.2) is 0 Å². The minimum absolute atomic E-state index is 0.395. The second kappa shape index (κ2) is 4.20. The van der Waals surface area contributed by atoms with Crippen molar-refractivity contribution in [1.82, 2.24) is 0 Å². The van der Waals surface area contributed by atoms with E-state index in [0.29, 0.717) is 11.2 Å². The van der Waals surface area contributed by atoms with Crippen molar-refractivity contribution < 1.29 is 4.79 Å². The highest BCUT2D eigenvalue weighted by atomic mass is 16.1. The normalized spacial score (nSPS) is 49.1. The van der Waals surface area contributed by atoms with E-state index in [-0.39, 0.29) is 0 Å². The molecule has 0 aromatic rings. The number of ketones is 1. The molecule has 0 heterocycles. The second-order valence-corrected chi connectivity index (χ2v) is 7.89. The Hall–Kier alpha value is -0.590. The monoisotopic (exact) mass is 258 g/mol. The summed E-state index contributed by atoms with van der Waals surface area (Å²) in [7, 11) is 0. The molecule has 1 nitrogen and oxygen atoms in total. The first-order chi connectivity index (χ1) is 9.17. The van der Waals surface area contributed by atoms with Crippen molar-refractivity contribution in [2.45, 2.75) is 64.7 Å². The Morgan fingerprint density at radius 1 is 1.05 bits per heavy atom. The lowest BCUT2D eigenvalue weighted by molar-refractivity contribution is -0.116. The molecule has 104 valence electrons. The molecule has 0 radical (unpaired) electrons. The fraction of sp³-hybridized carbons (Fsp3) is 0.833. The molecule has 3 fully saturated rings. The summed E-state index contributed by atoms with van der Waals surface area (Å²) in [5, 5.41) is 0. The Kier molecular flexibility index (Phi) is 2.69. The van der Waals surface area contributed by atoms with Gasteiger partial charge >= 0.3 is 0 Å². The minimum Gasteiger partial charge on any atom is -0.295 e. The first-order valence-electron chi connectivity index (χ1n) is 8.41. The zero-order valence-corrected chi connectivity index (χ0v) is 12.2. The van der Waals surface area contributed by atoms with Crippen LogP contribution in [0.3, 0.4) is 0 Å². The zero-order chi connectivity index (χ0) is 13.0. The van der Waals surface area contributed by atoms with Crippen LogP contribution in [0.2, 0.25) is 0 Å². The quantitative estimate of drug-likeness (QED) is 0.624. The Morgan fingerprint density at radius 2 is 1.95 bits per heavy atom. The molecular weight excluding hydrogens is 232 g/mol. The second-order valence-electron chi connectivity index (χ2n) is 7.89. The highest BCUT2D eigenvalue weighted by Crippen LogP contribution is 2.61. The maximum Gasteiger partial charge on any atom is 0.155 e. The Balaban J connectivity index is 1.63. The summed E-state index contributed by atoms with van der Waals surface area (Å²) in [5.74, 6) is 4.08. The number of hydrogen-bond acceptors (Lipinski definition) is 1. The molecule has 0 aromatic carbocycles. The Bertz CT molecular complexity index is 435. The van der Waals surface area contributed by atoms with Gasteiger partial charge in [0.1, 0.15) is 0 Å². The molecule has 5 atom stereocenters. The summed E-state index contributed by atoms with van der Waals surface area (Å²) in [6.07, 6.45) is 13.9. The summed E-state index contributed by atoms with van der Waals surface area (Å²) in [4.78, 5) is 11.6. The summed E-state index contributed by atoms with van der Waals surface area (Å²) in [6, 6.07) is 0. The SMILES string of the molecule is C[C@]12CCC[C@@H]1[C@@H]1CCC3=CC(=O)CC[C@@H]3[C@@H]1CC2. The van der Waals surface area contributed by atoms with Crippen LogP contribution in [0.5, 0.6) is 0 Å². The predicted octanol–water partition coefficient (Wildman–Crippen LogP) is 4.52. The van der Waals surface area contributed by atoms with Crippen molar-refractivity contribution in [3.05, 3.63) is 11.6 Å². The van der Waals surface area contributed by atoms with Crippen molar-refractivity contribution in [1.29, 1.82) is 0 Å². The average molecular weight is 258 g/mol. The number of hydrogen-bond donors (Lipinski definition) is 0. The van der Waals surface area contributed by atoms with Crippen LogP contribution in [0.15, 0.2) is 11.6 Å². The molecule has 0 saturated heterocycles. The van der Waals surface area contributed by atoms with Gasteiger partial charge in [0.25, 0.3) is 0 Å². The highest BCUT2D eigenvalue weighted by molar-refractivity contribution is 5.91. The first kappa shape index (κ1) is 12.2. The van der Waals surface area contributed by atoms with E-state index in [2.05, 4.69) is 6.92 Å². The number of rotatable bonds is 0. The van der Waals surface area contributed by atoms with Crippen LogP contribution in [0.25, 0.3) is 0 Å². The van der Waals surface area contributed by atoms with Gasteiger partial charge in [-0.1, -0.05) is 18.9 Å². The zero-order valence-electron chi connectivity index (χ0n) is 12.2. The van der Waals surface area contributed by atoms with E-state index in [1.165, 1.54) is 50.5 Å².